The molecule has 3 rings (SSSR count). The van der Waals surface area contributed by atoms with Gasteiger partial charge < -0.3 is 14.4 Å². The van der Waals surface area contributed by atoms with Gasteiger partial charge in [0.25, 0.3) is 0 Å². The van der Waals surface area contributed by atoms with Crippen LogP contribution in [0.4, 0.5) is 0 Å². The quantitative estimate of drug-likeness (QED) is 0.445. The maximum absolute atomic E-state index is 13.7. The van der Waals surface area contributed by atoms with E-state index in [4.69, 9.17) is 9.47 Å². The van der Waals surface area contributed by atoms with Crippen molar-refractivity contribution in [3.63, 3.8) is 0 Å². The van der Waals surface area contributed by atoms with Crippen molar-refractivity contribution in [2.75, 3.05) is 34.4 Å². The number of likely N-dealkylation sites (tertiary alicyclic amines) is 1. The molecular formula is C24H34N2O5. The van der Waals surface area contributed by atoms with Crippen LogP contribution in [0.3, 0.4) is 0 Å². The fourth-order valence-electron chi connectivity index (χ4n) is 4.93. The lowest BCUT2D eigenvalue weighted by Crippen LogP contribution is -2.45. The predicted molar refractivity (Wildman–Crippen MR) is 117 cm³/mol. The molecule has 1 aliphatic carbocycles. The van der Waals surface area contributed by atoms with E-state index in [1.165, 1.54) is 11.3 Å². The highest BCUT2D eigenvalue weighted by Crippen LogP contribution is 2.44. The lowest BCUT2D eigenvalue weighted by Gasteiger charge is -2.35. The molecule has 0 unspecified atom stereocenters. The summed E-state index contributed by atoms with van der Waals surface area (Å²) in [6, 6.07) is 7.42. The van der Waals surface area contributed by atoms with Gasteiger partial charge in [0.1, 0.15) is 5.75 Å². The van der Waals surface area contributed by atoms with E-state index in [1.807, 2.05) is 19.2 Å². The van der Waals surface area contributed by atoms with Gasteiger partial charge in [0.05, 0.1) is 12.5 Å². The van der Waals surface area contributed by atoms with Crippen molar-refractivity contribution in [2.45, 2.75) is 62.8 Å². The van der Waals surface area contributed by atoms with E-state index < -0.39 is 5.41 Å². The second kappa shape index (κ2) is 10.3. The first-order valence-electron chi connectivity index (χ1n) is 11.2. The monoisotopic (exact) mass is 430 g/mol. The SMILES string of the molecule is COCCCN1C(=O)C[C@@](CC(=O)N(C)C2CCCCC2)(c2ccccc2OC)C1=O. The van der Waals surface area contributed by atoms with Gasteiger partial charge in [0, 0.05) is 51.8 Å². The second-order valence-corrected chi connectivity index (χ2v) is 8.63. The minimum absolute atomic E-state index is 0.0244. The number of ether oxygens (including phenoxy) is 2. The minimum Gasteiger partial charge on any atom is -0.496 e. The van der Waals surface area contributed by atoms with Gasteiger partial charge in [-0.15, -0.1) is 0 Å². The van der Waals surface area contributed by atoms with Gasteiger partial charge >= 0.3 is 0 Å². The molecule has 1 aliphatic heterocycles. The molecule has 0 bridgehead atoms. The molecule has 1 atom stereocenters. The lowest BCUT2D eigenvalue weighted by atomic mass is 9.75. The fourth-order valence-corrected chi connectivity index (χ4v) is 4.93. The molecule has 1 saturated carbocycles. The number of carbonyl (C=O) groups is 3. The van der Waals surface area contributed by atoms with Crippen molar-refractivity contribution < 1.29 is 23.9 Å². The van der Waals surface area contributed by atoms with Crippen LogP contribution in [0.15, 0.2) is 24.3 Å². The third kappa shape index (κ3) is 4.76. The van der Waals surface area contributed by atoms with Crippen molar-refractivity contribution in [2.24, 2.45) is 0 Å². The third-order valence-corrected chi connectivity index (χ3v) is 6.73. The lowest BCUT2D eigenvalue weighted by molar-refractivity contribution is -0.143. The van der Waals surface area contributed by atoms with Crippen LogP contribution in [0, 0.1) is 0 Å². The van der Waals surface area contributed by atoms with Crippen LogP contribution in [0.5, 0.6) is 5.75 Å². The van der Waals surface area contributed by atoms with Crippen LogP contribution < -0.4 is 4.74 Å². The third-order valence-electron chi connectivity index (χ3n) is 6.73. The minimum atomic E-state index is -1.24. The molecule has 1 aromatic rings. The van der Waals surface area contributed by atoms with Gasteiger partial charge in [0.15, 0.2) is 0 Å². The summed E-state index contributed by atoms with van der Waals surface area (Å²) >= 11 is 0. The number of hydrogen-bond acceptors (Lipinski definition) is 5. The summed E-state index contributed by atoms with van der Waals surface area (Å²) in [4.78, 5) is 43.1. The maximum atomic E-state index is 13.7. The molecule has 7 heteroatoms. The number of carbonyl (C=O) groups excluding carboxylic acids is 3. The summed E-state index contributed by atoms with van der Waals surface area (Å²) in [7, 11) is 4.96. The van der Waals surface area contributed by atoms with Gasteiger partial charge in [-0.05, 0) is 25.3 Å². The molecule has 2 aliphatic rings. The molecule has 3 amide bonds. The zero-order valence-corrected chi connectivity index (χ0v) is 18.9. The Bertz CT molecular complexity index is 805. The summed E-state index contributed by atoms with van der Waals surface area (Å²) in [6.07, 6.45) is 5.91. The first-order chi connectivity index (χ1) is 14.9. The molecule has 1 saturated heterocycles. The van der Waals surface area contributed by atoms with Gasteiger partial charge in [-0.3, -0.25) is 19.3 Å². The summed E-state index contributed by atoms with van der Waals surface area (Å²) in [6.45, 7) is 0.747. The largest absolute Gasteiger partial charge is 0.496 e. The molecule has 1 aromatic carbocycles. The molecule has 31 heavy (non-hydrogen) atoms. The Morgan fingerprint density at radius 1 is 1.16 bits per heavy atom. The van der Waals surface area contributed by atoms with Crippen molar-refractivity contribution in [1.82, 2.24) is 9.80 Å². The van der Waals surface area contributed by atoms with E-state index in [9.17, 15) is 14.4 Å². The van der Waals surface area contributed by atoms with Crippen molar-refractivity contribution in [3.05, 3.63) is 29.8 Å². The molecule has 0 radical (unpaired) electrons. The van der Waals surface area contributed by atoms with Crippen LogP contribution in [-0.2, 0) is 24.5 Å². The summed E-state index contributed by atoms with van der Waals surface area (Å²) in [5.74, 6) is -0.142. The maximum Gasteiger partial charge on any atom is 0.241 e. The number of para-hydroxylation sites is 1. The van der Waals surface area contributed by atoms with Gasteiger partial charge in [-0.25, -0.2) is 0 Å². The van der Waals surface area contributed by atoms with E-state index in [1.54, 1.807) is 31.3 Å². The van der Waals surface area contributed by atoms with Crippen LogP contribution in [0.25, 0.3) is 0 Å². The van der Waals surface area contributed by atoms with Crippen LogP contribution in [0.2, 0.25) is 0 Å². The normalized spacial score (nSPS) is 22.1. The number of hydrogen-bond donors (Lipinski definition) is 0. The standard InChI is InChI=1S/C24H34N2O5/c1-25(18-10-5-4-6-11-18)21(27)16-24(19-12-7-8-13-20(19)31-3)17-22(28)26(23(24)29)14-9-15-30-2/h7-8,12-13,18H,4-6,9-11,14-17H2,1-3H3/t24-/m0/s1. The highest BCUT2D eigenvalue weighted by atomic mass is 16.5. The highest BCUT2D eigenvalue weighted by molar-refractivity contribution is 6.11. The Labute approximate surface area is 184 Å². The Balaban J connectivity index is 1.93. The number of methoxy groups -OCH3 is 2. The Hall–Kier alpha value is -2.41. The summed E-state index contributed by atoms with van der Waals surface area (Å²) in [5, 5.41) is 0. The number of benzene rings is 1. The van der Waals surface area contributed by atoms with Crippen LogP contribution >= 0.6 is 0 Å². The molecule has 2 fully saturated rings. The number of nitrogens with zero attached hydrogens (tertiary/aromatic N) is 2. The molecule has 0 aromatic heterocycles. The predicted octanol–water partition coefficient (Wildman–Crippen LogP) is 2.91. The zero-order valence-electron chi connectivity index (χ0n) is 18.9. The molecular weight excluding hydrogens is 396 g/mol. The zero-order chi connectivity index (χ0) is 22.4. The van der Waals surface area contributed by atoms with Gasteiger partial charge in [-0.1, -0.05) is 37.5 Å². The average molecular weight is 431 g/mol. The van der Waals surface area contributed by atoms with E-state index in [0.717, 1.165) is 25.7 Å². The van der Waals surface area contributed by atoms with Crippen molar-refractivity contribution in [3.8, 4) is 5.75 Å². The van der Waals surface area contributed by atoms with E-state index in [2.05, 4.69) is 0 Å². The first-order valence-corrected chi connectivity index (χ1v) is 11.2. The van der Waals surface area contributed by atoms with Gasteiger partial charge in [-0.2, -0.15) is 0 Å². The fraction of sp³-hybridized carbons (Fsp3) is 0.625. The Morgan fingerprint density at radius 3 is 2.55 bits per heavy atom. The van der Waals surface area contributed by atoms with Crippen molar-refractivity contribution >= 4 is 17.7 Å². The van der Waals surface area contributed by atoms with Crippen LogP contribution in [-0.4, -0.2) is 68.0 Å². The highest BCUT2D eigenvalue weighted by Gasteiger charge is 2.55. The van der Waals surface area contributed by atoms with Crippen molar-refractivity contribution in [1.29, 1.82) is 0 Å². The molecule has 1 heterocycles. The molecule has 170 valence electrons. The smallest absolute Gasteiger partial charge is 0.241 e. The Morgan fingerprint density at radius 2 is 1.87 bits per heavy atom. The number of amides is 3. The topological polar surface area (TPSA) is 76.2 Å². The number of imide groups is 1. The summed E-state index contributed by atoms with van der Waals surface area (Å²) in [5.41, 5.74) is -0.632. The number of rotatable bonds is 9. The van der Waals surface area contributed by atoms with E-state index >= 15 is 0 Å². The van der Waals surface area contributed by atoms with Gasteiger partial charge in [0.2, 0.25) is 17.7 Å². The van der Waals surface area contributed by atoms with E-state index in [0.29, 0.717) is 24.3 Å². The van der Waals surface area contributed by atoms with E-state index in [-0.39, 0.29) is 43.1 Å². The summed E-state index contributed by atoms with van der Waals surface area (Å²) < 4.78 is 10.6. The average Bonchev–Trinajstić information content (AvgIpc) is 3.03. The molecule has 7 nitrogen and oxygen atoms in total. The Kier molecular flexibility index (Phi) is 7.70. The molecule has 0 spiro atoms. The second-order valence-electron chi connectivity index (χ2n) is 8.63. The first kappa shape index (κ1) is 23.3. The van der Waals surface area contributed by atoms with Crippen LogP contribution in [0.1, 0.15) is 56.9 Å². The molecule has 0 N–H and O–H groups in total.